The quantitative estimate of drug-likeness (QED) is 0.704. The van der Waals surface area contributed by atoms with Gasteiger partial charge in [-0.25, -0.2) is 4.68 Å². The number of hydrogen-bond acceptors (Lipinski definition) is 2. The molecule has 1 N–H and O–H groups in total. The van der Waals surface area contributed by atoms with Gasteiger partial charge in [0.25, 0.3) is 0 Å². The van der Waals surface area contributed by atoms with Crippen LogP contribution in [0.15, 0.2) is 6.07 Å². The van der Waals surface area contributed by atoms with E-state index in [1.54, 1.807) is 0 Å². The van der Waals surface area contributed by atoms with Crippen LogP contribution in [0.1, 0.15) is 11.4 Å². The van der Waals surface area contributed by atoms with Gasteiger partial charge in [0.2, 0.25) is 0 Å². The first kappa shape index (κ1) is 9.05. The van der Waals surface area contributed by atoms with Gasteiger partial charge in [0.1, 0.15) is 6.73 Å². The highest BCUT2D eigenvalue weighted by molar-refractivity contribution is 5.11. The Morgan fingerprint density at radius 3 is 2.42 bits per heavy atom. The lowest BCUT2D eigenvalue weighted by molar-refractivity contribution is -0.141. The van der Waals surface area contributed by atoms with Crippen molar-refractivity contribution < 1.29 is 18.3 Å². The fraction of sp³-hybridized carbons (Fsp3) is 0.500. The first-order valence-electron chi connectivity index (χ1n) is 3.17. The molecule has 0 amide bonds. The molecule has 0 aliphatic carbocycles. The van der Waals surface area contributed by atoms with Gasteiger partial charge in [-0.1, -0.05) is 0 Å². The molecule has 0 saturated heterocycles. The second-order valence-corrected chi connectivity index (χ2v) is 2.31. The molecule has 1 aromatic rings. The topological polar surface area (TPSA) is 38.0 Å². The van der Waals surface area contributed by atoms with E-state index in [2.05, 4.69) is 5.10 Å². The Bertz CT molecular complexity index is 279. The summed E-state index contributed by atoms with van der Waals surface area (Å²) in [4.78, 5) is 0. The Kier molecular flexibility index (Phi) is 2.10. The number of aliphatic hydroxyl groups excluding tert-OH is 1. The lowest BCUT2D eigenvalue weighted by atomic mass is 10.4. The van der Waals surface area contributed by atoms with Crippen LogP contribution in [0.2, 0.25) is 0 Å². The van der Waals surface area contributed by atoms with Crippen molar-refractivity contribution in [2.75, 3.05) is 0 Å². The summed E-state index contributed by atoms with van der Waals surface area (Å²) in [6.45, 7) is 0.903. The van der Waals surface area contributed by atoms with Gasteiger partial charge in [-0.15, -0.1) is 0 Å². The molecule has 0 aliphatic heterocycles. The highest BCUT2D eigenvalue weighted by atomic mass is 19.4. The molecular formula is C6H7F3N2O. The predicted octanol–water partition coefficient (Wildman–Crippen LogP) is 1.16. The lowest BCUT2D eigenvalue weighted by Gasteiger charge is -1.99. The zero-order valence-electron chi connectivity index (χ0n) is 6.26. The van der Waals surface area contributed by atoms with Gasteiger partial charge in [0.15, 0.2) is 5.69 Å². The average molecular weight is 180 g/mol. The molecule has 0 bridgehead atoms. The van der Waals surface area contributed by atoms with Gasteiger partial charge in [0, 0.05) is 5.69 Å². The van der Waals surface area contributed by atoms with Crippen LogP contribution in [-0.4, -0.2) is 14.9 Å². The molecule has 0 unspecified atom stereocenters. The number of hydrogen-bond donors (Lipinski definition) is 1. The van der Waals surface area contributed by atoms with Crippen LogP contribution >= 0.6 is 0 Å². The minimum absolute atomic E-state index is 0.282. The van der Waals surface area contributed by atoms with Crippen LogP contribution in [0.3, 0.4) is 0 Å². The Morgan fingerprint density at radius 1 is 1.58 bits per heavy atom. The van der Waals surface area contributed by atoms with Crippen molar-refractivity contribution in [1.29, 1.82) is 0 Å². The zero-order valence-corrected chi connectivity index (χ0v) is 6.26. The maximum atomic E-state index is 12.0. The second-order valence-electron chi connectivity index (χ2n) is 2.31. The molecule has 3 nitrogen and oxygen atoms in total. The molecule has 1 heterocycles. The molecule has 0 atom stereocenters. The van der Waals surface area contributed by atoms with Gasteiger partial charge < -0.3 is 5.11 Å². The minimum Gasteiger partial charge on any atom is -0.374 e. The van der Waals surface area contributed by atoms with E-state index in [4.69, 9.17) is 5.11 Å². The van der Waals surface area contributed by atoms with Gasteiger partial charge in [0.05, 0.1) is 0 Å². The predicted molar refractivity (Wildman–Crippen MR) is 34.2 cm³/mol. The Morgan fingerprint density at radius 2 is 2.17 bits per heavy atom. The molecule has 0 saturated carbocycles. The van der Waals surface area contributed by atoms with E-state index in [0.717, 1.165) is 10.7 Å². The smallest absolute Gasteiger partial charge is 0.374 e. The Balaban J connectivity index is 3.05. The van der Waals surface area contributed by atoms with Gasteiger partial charge >= 0.3 is 6.18 Å². The molecule has 1 rings (SSSR count). The summed E-state index contributed by atoms with van der Waals surface area (Å²) in [5.74, 6) is 0. The largest absolute Gasteiger partial charge is 0.435 e. The minimum atomic E-state index is -4.44. The summed E-state index contributed by atoms with van der Waals surface area (Å²) in [6.07, 6.45) is -4.44. The van der Waals surface area contributed by atoms with Crippen molar-refractivity contribution in [3.05, 3.63) is 17.5 Å². The third kappa shape index (κ3) is 1.58. The van der Waals surface area contributed by atoms with Gasteiger partial charge in [-0.05, 0) is 13.0 Å². The number of aromatic nitrogens is 2. The monoisotopic (exact) mass is 180 g/mol. The number of nitrogens with zero attached hydrogens (tertiary/aromatic N) is 2. The Hall–Kier alpha value is -1.04. The average Bonchev–Trinajstić information content (AvgIpc) is 2.29. The highest BCUT2D eigenvalue weighted by Crippen LogP contribution is 2.28. The van der Waals surface area contributed by atoms with Crippen LogP contribution in [0.4, 0.5) is 13.2 Å². The molecule has 68 valence electrons. The van der Waals surface area contributed by atoms with Crippen molar-refractivity contribution in [3.63, 3.8) is 0 Å². The molecule has 12 heavy (non-hydrogen) atoms. The van der Waals surface area contributed by atoms with Crippen LogP contribution in [-0.2, 0) is 12.9 Å². The van der Waals surface area contributed by atoms with E-state index >= 15 is 0 Å². The fourth-order valence-corrected chi connectivity index (χ4v) is 0.792. The number of aryl methyl sites for hydroxylation is 1. The summed E-state index contributed by atoms with van der Waals surface area (Å²) in [5.41, 5.74) is -0.695. The van der Waals surface area contributed by atoms with Crippen LogP contribution in [0.25, 0.3) is 0 Å². The molecule has 0 aromatic carbocycles. The van der Waals surface area contributed by atoms with E-state index in [1.807, 2.05) is 0 Å². The number of alkyl halides is 3. The van der Waals surface area contributed by atoms with E-state index in [-0.39, 0.29) is 5.69 Å². The van der Waals surface area contributed by atoms with Crippen LogP contribution < -0.4 is 0 Å². The standard InChI is InChI=1S/C6H7F3N2O/c1-4-2-5(6(7,8)9)10-11(4)3-12/h2,12H,3H2,1H3. The van der Waals surface area contributed by atoms with Gasteiger partial charge in [-0.2, -0.15) is 18.3 Å². The third-order valence-corrected chi connectivity index (χ3v) is 1.41. The van der Waals surface area contributed by atoms with Crippen molar-refractivity contribution in [2.24, 2.45) is 0 Å². The van der Waals surface area contributed by atoms with E-state index < -0.39 is 18.6 Å². The second kappa shape index (κ2) is 2.78. The molecule has 0 fully saturated rings. The number of aliphatic hydroxyl groups is 1. The van der Waals surface area contributed by atoms with E-state index in [1.165, 1.54) is 6.92 Å². The molecule has 0 spiro atoms. The number of halogens is 3. The molecule has 0 radical (unpaired) electrons. The van der Waals surface area contributed by atoms with Crippen LogP contribution in [0, 0.1) is 6.92 Å². The molecule has 6 heteroatoms. The summed E-state index contributed by atoms with van der Waals surface area (Å²) in [6, 6.07) is 0.885. The van der Waals surface area contributed by atoms with Gasteiger partial charge in [-0.3, -0.25) is 0 Å². The summed E-state index contributed by atoms with van der Waals surface area (Å²) >= 11 is 0. The van der Waals surface area contributed by atoms with Crippen molar-refractivity contribution in [1.82, 2.24) is 9.78 Å². The first-order chi connectivity index (χ1) is 5.45. The normalized spacial score (nSPS) is 12.1. The summed E-state index contributed by atoms with van der Waals surface area (Å²) in [5, 5.41) is 11.7. The van der Waals surface area contributed by atoms with Crippen molar-refractivity contribution in [2.45, 2.75) is 19.8 Å². The molecule has 1 aromatic heterocycles. The van der Waals surface area contributed by atoms with E-state index in [0.29, 0.717) is 0 Å². The summed E-state index contributed by atoms with van der Waals surface area (Å²) in [7, 11) is 0. The fourth-order valence-electron chi connectivity index (χ4n) is 0.792. The van der Waals surface area contributed by atoms with Crippen LogP contribution in [0.5, 0.6) is 0 Å². The lowest BCUT2D eigenvalue weighted by Crippen LogP contribution is -2.08. The highest BCUT2D eigenvalue weighted by Gasteiger charge is 2.34. The Labute approximate surface area is 66.4 Å². The SMILES string of the molecule is Cc1cc(C(F)(F)F)nn1CO. The maximum Gasteiger partial charge on any atom is 0.435 e. The zero-order chi connectivity index (χ0) is 9.35. The summed E-state index contributed by atoms with van der Waals surface area (Å²) < 4.78 is 36.8. The molecule has 0 aliphatic rings. The third-order valence-electron chi connectivity index (χ3n) is 1.41. The van der Waals surface area contributed by atoms with Crippen molar-refractivity contribution in [3.8, 4) is 0 Å². The molecular weight excluding hydrogens is 173 g/mol. The first-order valence-corrected chi connectivity index (χ1v) is 3.17. The van der Waals surface area contributed by atoms with E-state index in [9.17, 15) is 13.2 Å². The van der Waals surface area contributed by atoms with Crippen molar-refractivity contribution >= 4 is 0 Å². The number of rotatable bonds is 1. The maximum absolute atomic E-state index is 12.0.